The first-order valence-corrected chi connectivity index (χ1v) is 5.54. The molecule has 1 aromatic carbocycles. The van der Waals surface area contributed by atoms with Gasteiger partial charge in [-0.15, -0.1) is 0 Å². The van der Waals surface area contributed by atoms with Crippen LogP contribution in [0.15, 0.2) is 18.2 Å². The van der Waals surface area contributed by atoms with Crippen LogP contribution in [-0.4, -0.2) is 24.4 Å². The van der Waals surface area contributed by atoms with Gasteiger partial charge in [-0.05, 0) is 25.0 Å². The molecule has 0 fully saturated rings. The number of hydrogen-bond acceptors (Lipinski definition) is 2. The Balaban J connectivity index is 2.72. The van der Waals surface area contributed by atoms with Crippen molar-refractivity contribution < 1.29 is 4.79 Å². The summed E-state index contributed by atoms with van der Waals surface area (Å²) >= 11 is 0. The summed E-state index contributed by atoms with van der Waals surface area (Å²) in [6.07, 6.45) is 0.418. The molecule has 1 aromatic rings. The summed E-state index contributed by atoms with van der Waals surface area (Å²) in [7, 11) is 1.82. The molecule has 3 heteroatoms. The second-order valence-electron chi connectivity index (χ2n) is 4.22. The molecule has 0 aliphatic carbocycles. The van der Waals surface area contributed by atoms with Crippen LogP contribution in [0.25, 0.3) is 0 Å². The van der Waals surface area contributed by atoms with Crippen molar-refractivity contribution >= 4 is 5.91 Å². The van der Waals surface area contributed by atoms with E-state index in [0.29, 0.717) is 19.5 Å². The normalized spacial score (nSPS) is 10.2. The van der Waals surface area contributed by atoms with Crippen LogP contribution in [0.5, 0.6) is 0 Å². The maximum atomic E-state index is 11.6. The average molecular weight is 220 g/mol. The number of amides is 1. The number of nitrogens with two attached hydrogens (primary N) is 1. The molecule has 0 bridgehead atoms. The highest BCUT2D eigenvalue weighted by atomic mass is 16.2. The minimum atomic E-state index is 0.100. The summed E-state index contributed by atoms with van der Waals surface area (Å²) in [4.78, 5) is 13.3. The molecule has 0 atom stereocenters. The summed E-state index contributed by atoms with van der Waals surface area (Å²) in [6.45, 7) is 5.20. The van der Waals surface area contributed by atoms with Gasteiger partial charge < -0.3 is 10.6 Å². The Morgan fingerprint density at radius 2 is 2.06 bits per heavy atom. The predicted octanol–water partition coefficient (Wildman–Crippen LogP) is 1.61. The molecular formula is C13H20N2O. The Bertz CT molecular complexity index is 374. The van der Waals surface area contributed by atoms with E-state index in [9.17, 15) is 4.79 Å². The van der Waals surface area contributed by atoms with Crippen LogP contribution in [-0.2, 0) is 11.3 Å². The fraction of sp³-hybridized carbons (Fsp3) is 0.462. The molecule has 16 heavy (non-hydrogen) atoms. The van der Waals surface area contributed by atoms with E-state index < -0.39 is 0 Å². The third-order valence-electron chi connectivity index (χ3n) is 2.70. The lowest BCUT2D eigenvalue weighted by molar-refractivity contribution is -0.130. The quantitative estimate of drug-likeness (QED) is 0.838. The Morgan fingerprint density at radius 3 is 2.69 bits per heavy atom. The molecule has 0 aliphatic rings. The van der Waals surface area contributed by atoms with Gasteiger partial charge in [-0.2, -0.15) is 0 Å². The van der Waals surface area contributed by atoms with Crippen LogP contribution in [0.1, 0.15) is 23.1 Å². The number of carbonyl (C=O) groups is 1. The molecule has 0 saturated heterocycles. The van der Waals surface area contributed by atoms with E-state index in [1.807, 2.05) is 7.05 Å². The molecule has 1 amide bonds. The smallest absolute Gasteiger partial charge is 0.223 e. The van der Waals surface area contributed by atoms with Gasteiger partial charge in [0, 0.05) is 26.6 Å². The molecule has 0 radical (unpaired) electrons. The molecule has 0 spiro atoms. The van der Waals surface area contributed by atoms with Gasteiger partial charge in [0.25, 0.3) is 0 Å². The highest BCUT2D eigenvalue weighted by Gasteiger charge is 2.09. The number of aryl methyl sites for hydroxylation is 2. The van der Waals surface area contributed by atoms with Gasteiger partial charge in [-0.25, -0.2) is 0 Å². The van der Waals surface area contributed by atoms with E-state index in [2.05, 4.69) is 32.0 Å². The van der Waals surface area contributed by atoms with Gasteiger partial charge in [0.2, 0.25) is 5.91 Å². The fourth-order valence-electron chi connectivity index (χ4n) is 1.63. The lowest BCUT2D eigenvalue weighted by atomic mass is 10.1. The van der Waals surface area contributed by atoms with Crippen LogP contribution in [0.3, 0.4) is 0 Å². The van der Waals surface area contributed by atoms with Gasteiger partial charge in [-0.1, -0.05) is 23.8 Å². The Morgan fingerprint density at radius 1 is 1.38 bits per heavy atom. The van der Waals surface area contributed by atoms with E-state index >= 15 is 0 Å². The van der Waals surface area contributed by atoms with Crippen molar-refractivity contribution in [1.29, 1.82) is 0 Å². The van der Waals surface area contributed by atoms with Crippen molar-refractivity contribution in [3.63, 3.8) is 0 Å². The maximum absolute atomic E-state index is 11.6. The summed E-state index contributed by atoms with van der Waals surface area (Å²) in [5, 5.41) is 0. The largest absolute Gasteiger partial charge is 0.341 e. The van der Waals surface area contributed by atoms with Gasteiger partial charge in [0.05, 0.1) is 0 Å². The Labute approximate surface area is 97.2 Å². The second-order valence-corrected chi connectivity index (χ2v) is 4.22. The molecule has 0 saturated carbocycles. The first kappa shape index (κ1) is 12.7. The van der Waals surface area contributed by atoms with Crippen LogP contribution >= 0.6 is 0 Å². The summed E-state index contributed by atoms with van der Waals surface area (Å²) in [5.41, 5.74) is 9.01. The standard InChI is InChI=1S/C13H20N2O/c1-10-4-5-11(2)12(8-10)9-15(3)13(16)6-7-14/h4-5,8H,6-7,9,14H2,1-3H3. The third-order valence-corrected chi connectivity index (χ3v) is 2.70. The zero-order valence-electron chi connectivity index (χ0n) is 10.3. The molecule has 88 valence electrons. The first-order chi connectivity index (χ1) is 7.54. The highest BCUT2D eigenvalue weighted by molar-refractivity contribution is 5.76. The zero-order valence-corrected chi connectivity index (χ0v) is 10.3. The Hall–Kier alpha value is -1.35. The molecule has 1 rings (SSSR count). The number of carbonyl (C=O) groups excluding carboxylic acids is 1. The second kappa shape index (κ2) is 5.66. The molecular weight excluding hydrogens is 200 g/mol. The van der Waals surface area contributed by atoms with Crippen LogP contribution in [0, 0.1) is 13.8 Å². The minimum Gasteiger partial charge on any atom is -0.341 e. The average Bonchev–Trinajstić information content (AvgIpc) is 2.23. The van der Waals surface area contributed by atoms with Crippen molar-refractivity contribution in [3.8, 4) is 0 Å². The van der Waals surface area contributed by atoms with Gasteiger partial charge in [0.1, 0.15) is 0 Å². The van der Waals surface area contributed by atoms with Crippen LogP contribution in [0.4, 0.5) is 0 Å². The van der Waals surface area contributed by atoms with E-state index in [1.54, 1.807) is 4.90 Å². The number of benzene rings is 1. The molecule has 0 unspecified atom stereocenters. The summed E-state index contributed by atoms with van der Waals surface area (Å²) in [6, 6.07) is 6.30. The van der Waals surface area contributed by atoms with Crippen molar-refractivity contribution in [1.82, 2.24) is 4.90 Å². The van der Waals surface area contributed by atoms with E-state index in [-0.39, 0.29) is 5.91 Å². The van der Waals surface area contributed by atoms with Gasteiger partial charge in [-0.3, -0.25) is 4.79 Å². The SMILES string of the molecule is Cc1ccc(C)c(CN(C)C(=O)CCN)c1. The van der Waals surface area contributed by atoms with Crippen molar-refractivity contribution in [2.24, 2.45) is 5.73 Å². The first-order valence-electron chi connectivity index (χ1n) is 5.54. The molecule has 0 aromatic heterocycles. The van der Waals surface area contributed by atoms with Crippen LogP contribution < -0.4 is 5.73 Å². The minimum absolute atomic E-state index is 0.100. The van der Waals surface area contributed by atoms with Gasteiger partial charge in [0.15, 0.2) is 0 Å². The molecule has 0 aliphatic heterocycles. The van der Waals surface area contributed by atoms with E-state index in [0.717, 1.165) is 0 Å². The zero-order chi connectivity index (χ0) is 12.1. The van der Waals surface area contributed by atoms with Crippen molar-refractivity contribution in [3.05, 3.63) is 34.9 Å². The number of rotatable bonds is 4. The maximum Gasteiger partial charge on any atom is 0.223 e. The monoisotopic (exact) mass is 220 g/mol. The third kappa shape index (κ3) is 3.35. The number of hydrogen-bond donors (Lipinski definition) is 1. The summed E-state index contributed by atoms with van der Waals surface area (Å²) < 4.78 is 0. The van der Waals surface area contributed by atoms with E-state index in [1.165, 1.54) is 16.7 Å². The Kier molecular flexibility index (Phi) is 4.50. The van der Waals surface area contributed by atoms with E-state index in [4.69, 9.17) is 5.73 Å². The van der Waals surface area contributed by atoms with Crippen LogP contribution in [0.2, 0.25) is 0 Å². The lowest BCUT2D eigenvalue weighted by Gasteiger charge is -2.18. The molecule has 2 N–H and O–H groups in total. The van der Waals surface area contributed by atoms with Gasteiger partial charge >= 0.3 is 0 Å². The van der Waals surface area contributed by atoms with Crippen molar-refractivity contribution in [2.45, 2.75) is 26.8 Å². The van der Waals surface area contributed by atoms with Crippen molar-refractivity contribution in [2.75, 3.05) is 13.6 Å². The predicted molar refractivity (Wildman–Crippen MR) is 66.1 cm³/mol. The summed E-state index contributed by atoms with van der Waals surface area (Å²) in [5.74, 6) is 0.100. The number of nitrogens with zero attached hydrogens (tertiary/aromatic N) is 1. The topological polar surface area (TPSA) is 46.3 Å². The fourth-order valence-corrected chi connectivity index (χ4v) is 1.63. The highest BCUT2D eigenvalue weighted by Crippen LogP contribution is 2.12. The lowest BCUT2D eigenvalue weighted by Crippen LogP contribution is -2.28. The molecule has 3 nitrogen and oxygen atoms in total. The molecule has 0 heterocycles.